The van der Waals surface area contributed by atoms with Crippen molar-refractivity contribution >= 4 is 29.0 Å². The molecule has 12 heteroatoms. The van der Waals surface area contributed by atoms with Crippen molar-refractivity contribution in [3.8, 4) is 0 Å². The molecule has 2 heterocycles. The number of anilines is 2. The van der Waals surface area contributed by atoms with E-state index in [1.165, 1.54) is 6.07 Å². The van der Waals surface area contributed by atoms with Gasteiger partial charge >= 0.3 is 12.4 Å². The minimum atomic E-state index is -4.76. The topological polar surface area (TPSA) is 59.0 Å². The standard InChI is InChI=1S/C21H15ClF6N4O/c22-16-17(19(33)30-13-9-5-4-8-12(13)20(23,24)25)31-32-15(21(26,27)28)10-14(29-18(16)32)11-6-2-1-3-7-11/h1-9,14-15,29H,10H2,(H,30,33)/t14-,15+/m0/s1. The average molecular weight is 489 g/mol. The molecule has 174 valence electrons. The molecule has 33 heavy (non-hydrogen) atoms. The van der Waals surface area contributed by atoms with E-state index in [-0.39, 0.29) is 5.82 Å². The van der Waals surface area contributed by atoms with Crippen LogP contribution in [0.1, 0.15) is 40.1 Å². The Morgan fingerprint density at radius 1 is 1.03 bits per heavy atom. The van der Waals surface area contributed by atoms with E-state index in [1.807, 2.05) is 0 Å². The lowest BCUT2D eigenvalue weighted by Gasteiger charge is -2.33. The van der Waals surface area contributed by atoms with E-state index in [4.69, 9.17) is 11.6 Å². The molecule has 0 spiro atoms. The third-order valence-corrected chi connectivity index (χ3v) is 5.55. The number of benzene rings is 2. The lowest BCUT2D eigenvalue weighted by molar-refractivity contribution is -0.173. The Hall–Kier alpha value is -3.21. The summed E-state index contributed by atoms with van der Waals surface area (Å²) < 4.78 is 81.7. The van der Waals surface area contributed by atoms with Gasteiger partial charge in [-0.1, -0.05) is 54.1 Å². The maximum Gasteiger partial charge on any atom is 0.418 e. The fraction of sp³-hybridized carbons (Fsp3) is 0.238. The van der Waals surface area contributed by atoms with Gasteiger partial charge in [0.2, 0.25) is 0 Å². The zero-order valence-electron chi connectivity index (χ0n) is 16.5. The monoisotopic (exact) mass is 488 g/mol. The third kappa shape index (κ3) is 4.50. The average Bonchev–Trinajstić information content (AvgIpc) is 3.09. The van der Waals surface area contributed by atoms with Crippen LogP contribution in [0.25, 0.3) is 0 Å². The van der Waals surface area contributed by atoms with Crippen LogP contribution in [0.5, 0.6) is 0 Å². The predicted octanol–water partition coefficient (Wildman–Crippen LogP) is 6.47. The van der Waals surface area contributed by atoms with Crippen LogP contribution in [-0.2, 0) is 6.18 Å². The number of aromatic nitrogens is 2. The van der Waals surface area contributed by atoms with Gasteiger partial charge in [-0.3, -0.25) is 4.79 Å². The van der Waals surface area contributed by atoms with Crippen molar-refractivity contribution in [3.05, 3.63) is 76.4 Å². The molecule has 0 saturated heterocycles. The number of carbonyl (C=O) groups excluding carboxylic acids is 1. The van der Waals surface area contributed by atoms with E-state index in [2.05, 4.69) is 15.7 Å². The van der Waals surface area contributed by atoms with Crippen molar-refractivity contribution in [3.63, 3.8) is 0 Å². The molecule has 0 unspecified atom stereocenters. The maximum absolute atomic E-state index is 13.8. The van der Waals surface area contributed by atoms with Crippen LogP contribution in [0.4, 0.5) is 37.8 Å². The van der Waals surface area contributed by atoms with Crippen LogP contribution in [-0.4, -0.2) is 21.9 Å². The molecule has 2 N–H and O–H groups in total. The largest absolute Gasteiger partial charge is 0.418 e. The summed E-state index contributed by atoms with van der Waals surface area (Å²) in [6.07, 6.45) is -9.89. The van der Waals surface area contributed by atoms with Gasteiger partial charge in [-0.2, -0.15) is 31.4 Å². The number of rotatable bonds is 3. The highest BCUT2D eigenvalue weighted by molar-refractivity contribution is 6.36. The molecule has 0 aliphatic carbocycles. The zero-order chi connectivity index (χ0) is 24.0. The van der Waals surface area contributed by atoms with Crippen LogP contribution in [0.15, 0.2) is 54.6 Å². The quantitative estimate of drug-likeness (QED) is 0.416. The van der Waals surface area contributed by atoms with Gasteiger partial charge in [0.15, 0.2) is 11.7 Å². The highest BCUT2D eigenvalue weighted by atomic mass is 35.5. The van der Waals surface area contributed by atoms with Gasteiger partial charge in [0.1, 0.15) is 10.8 Å². The van der Waals surface area contributed by atoms with E-state index < -0.39 is 58.7 Å². The van der Waals surface area contributed by atoms with Gasteiger partial charge < -0.3 is 10.6 Å². The van der Waals surface area contributed by atoms with E-state index in [0.717, 1.165) is 18.2 Å². The highest BCUT2D eigenvalue weighted by Gasteiger charge is 2.48. The number of para-hydroxylation sites is 1. The fourth-order valence-corrected chi connectivity index (χ4v) is 3.92. The number of fused-ring (bicyclic) bond motifs is 1. The normalized spacial score (nSPS) is 18.4. The first-order valence-corrected chi connectivity index (χ1v) is 9.98. The number of nitrogens with one attached hydrogen (secondary N) is 2. The van der Waals surface area contributed by atoms with Crippen LogP contribution < -0.4 is 10.6 Å². The van der Waals surface area contributed by atoms with Gasteiger partial charge in [-0.05, 0) is 17.7 Å². The fourth-order valence-electron chi connectivity index (χ4n) is 3.66. The number of carbonyl (C=O) groups is 1. The van der Waals surface area contributed by atoms with Gasteiger partial charge in [-0.25, -0.2) is 4.68 Å². The summed E-state index contributed by atoms with van der Waals surface area (Å²) in [7, 11) is 0. The molecule has 2 aromatic carbocycles. The molecule has 0 fully saturated rings. The Morgan fingerprint density at radius 3 is 2.30 bits per heavy atom. The maximum atomic E-state index is 13.8. The lowest BCUT2D eigenvalue weighted by Crippen LogP contribution is -2.35. The Balaban J connectivity index is 1.71. The molecular formula is C21H15ClF6N4O. The Labute approximate surface area is 188 Å². The Kier molecular flexibility index (Phi) is 5.77. The van der Waals surface area contributed by atoms with Gasteiger partial charge in [-0.15, -0.1) is 0 Å². The molecule has 0 saturated carbocycles. The summed E-state index contributed by atoms with van der Waals surface area (Å²) >= 11 is 6.20. The van der Waals surface area contributed by atoms with Crippen LogP contribution in [0.2, 0.25) is 5.02 Å². The number of hydrogen-bond donors (Lipinski definition) is 2. The van der Waals surface area contributed by atoms with Crippen LogP contribution >= 0.6 is 11.6 Å². The molecule has 1 aliphatic heterocycles. The second-order valence-electron chi connectivity index (χ2n) is 7.35. The number of halogens is 7. The summed E-state index contributed by atoms with van der Waals surface area (Å²) in [5.41, 5.74) is -1.74. The molecule has 4 rings (SSSR count). The summed E-state index contributed by atoms with van der Waals surface area (Å²) in [6, 6.07) is 9.67. The van der Waals surface area contributed by atoms with Crippen molar-refractivity contribution in [1.29, 1.82) is 0 Å². The van der Waals surface area contributed by atoms with Crippen LogP contribution in [0, 0.1) is 0 Å². The predicted molar refractivity (Wildman–Crippen MR) is 109 cm³/mol. The smallest absolute Gasteiger partial charge is 0.362 e. The van der Waals surface area contributed by atoms with E-state index in [9.17, 15) is 31.1 Å². The molecular weight excluding hydrogens is 474 g/mol. The molecule has 1 aromatic heterocycles. The first-order valence-electron chi connectivity index (χ1n) is 9.60. The first-order chi connectivity index (χ1) is 15.5. The van der Waals surface area contributed by atoms with Gasteiger partial charge in [0.05, 0.1) is 17.3 Å². The summed E-state index contributed by atoms with van der Waals surface area (Å²) in [6.45, 7) is 0. The second-order valence-corrected chi connectivity index (χ2v) is 7.73. The van der Waals surface area contributed by atoms with E-state index in [0.29, 0.717) is 10.2 Å². The SMILES string of the molecule is O=C(Nc1ccccc1C(F)(F)F)c1nn2c(c1Cl)N[C@H](c1ccccc1)C[C@@H]2C(F)(F)F. The molecule has 1 amide bonds. The van der Waals surface area contributed by atoms with Crippen LogP contribution in [0.3, 0.4) is 0 Å². The minimum absolute atomic E-state index is 0.242. The third-order valence-electron chi connectivity index (χ3n) is 5.19. The van der Waals surface area contributed by atoms with Crippen molar-refractivity contribution in [1.82, 2.24) is 9.78 Å². The van der Waals surface area contributed by atoms with Crippen molar-refractivity contribution < 1.29 is 31.1 Å². The van der Waals surface area contributed by atoms with Crippen molar-refractivity contribution in [2.75, 3.05) is 10.6 Å². The van der Waals surface area contributed by atoms with Gasteiger partial charge in [0.25, 0.3) is 5.91 Å². The second kappa shape index (κ2) is 8.29. The first kappa shape index (κ1) is 23.0. The summed E-state index contributed by atoms with van der Waals surface area (Å²) in [4.78, 5) is 12.7. The van der Waals surface area contributed by atoms with E-state index in [1.54, 1.807) is 30.3 Å². The number of hydrogen-bond acceptors (Lipinski definition) is 3. The zero-order valence-corrected chi connectivity index (χ0v) is 17.3. The Bertz CT molecular complexity index is 1180. The highest BCUT2D eigenvalue weighted by Crippen LogP contribution is 2.46. The molecule has 0 radical (unpaired) electrons. The van der Waals surface area contributed by atoms with E-state index >= 15 is 0 Å². The number of amides is 1. The van der Waals surface area contributed by atoms with Crippen molar-refractivity contribution in [2.45, 2.75) is 30.9 Å². The molecule has 0 bridgehead atoms. The number of nitrogens with zero attached hydrogens (tertiary/aromatic N) is 2. The molecule has 2 atom stereocenters. The summed E-state index contributed by atoms with van der Waals surface area (Å²) in [5.74, 6) is -1.41. The summed E-state index contributed by atoms with van der Waals surface area (Å²) in [5, 5.41) is 8.22. The minimum Gasteiger partial charge on any atom is -0.362 e. The molecule has 5 nitrogen and oxygen atoms in total. The van der Waals surface area contributed by atoms with Gasteiger partial charge in [0, 0.05) is 6.42 Å². The molecule has 3 aromatic rings. The van der Waals surface area contributed by atoms with Crippen molar-refractivity contribution in [2.24, 2.45) is 0 Å². The number of alkyl halides is 6. The lowest BCUT2D eigenvalue weighted by atomic mass is 9.97. The Morgan fingerprint density at radius 2 is 1.67 bits per heavy atom. The molecule has 1 aliphatic rings.